The van der Waals surface area contributed by atoms with Crippen LogP contribution >= 0.6 is 0 Å². The number of nitrogens with zero attached hydrogens (tertiary/aromatic N) is 1. The molecule has 122 valence electrons. The van der Waals surface area contributed by atoms with Gasteiger partial charge in [0.2, 0.25) is 0 Å². The van der Waals surface area contributed by atoms with E-state index >= 15 is 0 Å². The van der Waals surface area contributed by atoms with Crippen LogP contribution in [0.25, 0.3) is 0 Å². The summed E-state index contributed by atoms with van der Waals surface area (Å²) >= 11 is 0. The van der Waals surface area contributed by atoms with E-state index in [-0.39, 0.29) is 6.54 Å². The van der Waals surface area contributed by atoms with Gasteiger partial charge >= 0.3 is 0 Å². The minimum atomic E-state index is -0.710. The Morgan fingerprint density at radius 3 is 2.41 bits per heavy atom. The van der Waals surface area contributed by atoms with E-state index in [2.05, 4.69) is 15.6 Å². The molecule has 0 radical (unpaired) electrons. The van der Waals surface area contributed by atoms with Crippen LogP contribution in [0.15, 0.2) is 23.2 Å². The van der Waals surface area contributed by atoms with Gasteiger partial charge in [-0.05, 0) is 37.5 Å². The summed E-state index contributed by atoms with van der Waals surface area (Å²) in [5.74, 6) is 2.06. The Kier molecular flexibility index (Phi) is 5.89. The van der Waals surface area contributed by atoms with Gasteiger partial charge in [-0.3, -0.25) is 4.99 Å². The van der Waals surface area contributed by atoms with E-state index < -0.39 is 6.10 Å². The van der Waals surface area contributed by atoms with Crippen molar-refractivity contribution in [1.29, 1.82) is 0 Å². The fraction of sp³-hybridized carbons (Fsp3) is 0.562. The van der Waals surface area contributed by atoms with Gasteiger partial charge in [0.15, 0.2) is 5.96 Å². The standard InChI is InChI=1S/C16H25N3O3/c1-4-17-16(19-12-5-6-12)18-10-15(20)11-7-13(21-2)9-14(8-11)22-3/h7-9,12,15,20H,4-6,10H2,1-3H3,(H2,17,18,19). The number of benzene rings is 1. The molecule has 0 spiro atoms. The summed E-state index contributed by atoms with van der Waals surface area (Å²) in [6.45, 7) is 3.09. The van der Waals surface area contributed by atoms with Crippen LogP contribution in [0.5, 0.6) is 11.5 Å². The number of ether oxygens (including phenoxy) is 2. The molecule has 1 saturated carbocycles. The summed E-state index contributed by atoms with van der Waals surface area (Å²) in [6.07, 6.45) is 1.65. The molecule has 1 fully saturated rings. The van der Waals surface area contributed by atoms with Gasteiger partial charge in [-0.2, -0.15) is 0 Å². The Morgan fingerprint density at radius 1 is 1.27 bits per heavy atom. The van der Waals surface area contributed by atoms with Gasteiger partial charge in [0.05, 0.1) is 26.9 Å². The van der Waals surface area contributed by atoms with Gasteiger partial charge in [0.1, 0.15) is 11.5 Å². The van der Waals surface area contributed by atoms with Crippen LogP contribution in [-0.2, 0) is 0 Å². The zero-order valence-corrected chi connectivity index (χ0v) is 13.4. The van der Waals surface area contributed by atoms with E-state index in [1.807, 2.05) is 6.92 Å². The third kappa shape index (κ3) is 4.80. The van der Waals surface area contributed by atoms with Crippen molar-refractivity contribution in [3.8, 4) is 11.5 Å². The fourth-order valence-electron chi connectivity index (χ4n) is 2.05. The lowest BCUT2D eigenvalue weighted by Crippen LogP contribution is -2.38. The average molecular weight is 307 g/mol. The highest BCUT2D eigenvalue weighted by Gasteiger charge is 2.22. The lowest BCUT2D eigenvalue weighted by atomic mass is 10.1. The number of aliphatic hydroxyl groups excluding tert-OH is 1. The first-order valence-corrected chi connectivity index (χ1v) is 7.62. The third-order valence-electron chi connectivity index (χ3n) is 3.44. The number of nitrogens with one attached hydrogen (secondary N) is 2. The summed E-state index contributed by atoms with van der Waals surface area (Å²) in [6, 6.07) is 5.89. The number of rotatable bonds is 7. The van der Waals surface area contributed by atoms with Crippen molar-refractivity contribution in [2.75, 3.05) is 27.3 Å². The molecule has 6 nitrogen and oxygen atoms in total. The Hall–Kier alpha value is -1.95. The number of guanidine groups is 1. The van der Waals surface area contributed by atoms with Crippen molar-refractivity contribution in [1.82, 2.24) is 10.6 Å². The molecule has 1 aromatic carbocycles. The number of hydrogen-bond donors (Lipinski definition) is 3. The number of hydrogen-bond acceptors (Lipinski definition) is 4. The molecule has 6 heteroatoms. The van der Waals surface area contributed by atoms with Crippen LogP contribution in [0, 0.1) is 0 Å². The smallest absolute Gasteiger partial charge is 0.191 e. The van der Waals surface area contributed by atoms with Crippen LogP contribution in [0.4, 0.5) is 0 Å². The van der Waals surface area contributed by atoms with Gasteiger partial charge in [0.25, 0.3) is 0 Å². The molecule has 0 amide bonds. The molecule has 0 saturated heterocycles. The maximum Gasteiger partial charge on any atom is 0.191 e. The normalized spacial score (nSPS) is 16.1. The maximum absolute atomic E-state index is 10.4. The first-order chi connectivity index (χ1) is 10.7. The molecule has 0 aliphatic heterocycles. The van der Waals surface area contributed by atoms with E-state index in [9.17, 15) is 5.11 Å². The molecule has 0 aromatic heterocycles. The highest BCUT2D eigenvalue weighted by Crippen LogP contribution is 2.26. The maximum atomic E-state index is 10.4. The second-order valence-corrected chi connectivity index (χ2v) is 5.30. The number of aliphatic hydroxyl groups is 1. The van der Waals surface area contributed by atoms with Crippen molar-refractivity contribution >= 4 is 5.96 Å². The van der Waals surface area contributed by atoms with Crippen molar-refractivity contribution in [3.63, 3.8) is 0 Å². The summed E-state index contributed by atoms with van der Waals surface area (Å²) in [7, 11) is 3.18. The summed E-state index contributed by atoms with van der Waals surface area (Å²) in [4.78, 5) is 4.44. The highest BCUT2D eigenvalue weighted by molar-refractivity contribution is 5.80. The topological polar surface area (TPSA) is 75.1 Å². The minimum absolute atomic E-state index is 0.276. The van der Waals surface area contributed by atoms with E-state index in [1.165, 1.54) is 12.8 Å². The Labute approximate surface area is 131 Å². The van der Waals surface area contributed by atoms with E-state index in [4.69, 9.17) is 9.47 Å². The molecule has 0 bridgehead atoms. The lowest BCUT2D eigenvalue weighted by molar-refractivity contribution is 0.186. The summed E-state index contributed by atoms with van der Waals surface area (Å²) in [5.41, 5.74) is 0.724. The van der Waals surface area contributed by atoms with Crippen molar-refractivity contribution in [2.24, 2.45) is 4.99 Å². The Morgan fingerprint density at radius 2 is 1.91 bits per heavy atom. The van der Waals surface area contributed by atoms with Gasteiger partial charge in [0, 0.05) is 18.7 Å². The van der Waals surface area contributed by atoms with E-state index in [0.29, 0.717) is 17.5 Å². The number of aliphatic imine (C=N–C) groups is 1. The van der Waals surface area contributed by atoms with Gasteiger partial charge in [-0.15, -0.1) is 0 Å². The van der Waals surface area contributed by atoms with Crippen LogP contribution < -0.4 is 20.1 Å². The average Bonchev–Trinajstić information content (AvgIpc) is 3.35. The minimum Gasteiger partial charge on any atom is -0.497 e. The van der Waals surface area contributed by atoms with Gasteiger partial charge < -0.3 is 25.2 Å². The first-order valence-electron chi connectivity index (χ1n) is 7.62. The zero-order chi connectivity index (χ0) is 15.9. The highest BCUT2D eigenvalue weighted by atomic mass is 16.5. The molecule has 1 aromatic rings. The third-order valence-corrected chi connectivity index (χ3v) is 3.44. The molecular weight excluding hydrogens is 282 g/mol. The van der Waals surface area contributed by atoms with Crippen LogP contribution in [0.3, 0.4) is 0 Å². The molecule has 22 heavy (non-hydrogen) atoms. The Balaban J connectivity index is 2.04. The largest absolute Gasteiger partial charge is 0.497 e. The monoisotopic (exact) mass is 307 g/mol. The summed E-state index contributed by atoms with van der Waals surface area (Å²) in [5, 5.41) is 16.9. The van der Waals surface area contributed by atoms with E-state index in [1.54, 1.807) is 32.4 Å². The molecule has 1 aliphatic rings. The quantitative estimate of drug-likeness (QED) is 0.525. The van der Waals surface area contributed by atoms with Crippen molar-refractivity contribution in [3.05, 3.63) is 23.8 Å². The molecule has 0 heterocycles. The lowest BCUT2D eigenvalue weighted by Gasteiger charge is -2.14. The van der Waals surface area contributed by atoms with Crippen LogP contribution in [0.2, 0.25) is 0 Å². The fourth-order valence-corrected chi connectivity index (χ4v) is 2.05. The first kappa shape index (κ1) is 16.4. The Bertz CT molecular complexity index is 493. The molecule has 3 N–H and O–H groups in total. The summed E-state index contributed by atoms with van der Waals surface area (Å²) < 4.78 is 10.4. The van der Waals surface area contributed by atoms with Gasteiger partial charge in [-0.1, -0.05) is 0 Å². The van der Waals surface area contributed by atoms with E-state index in [0.717, 1.165) is 18.1 Å². The molecular formula is C16H25N3O3. The second-order valence-electron chi connectivity index (χ2n) is 5.30. The second kappa shape index (κ2) is 7.89. The molecule has 1 unspecified atom stereocenters. The SMILES string of the molecule is CCNC(=NCC(O)c1cc(OC)cc(OC)c1)NC1CC1. The van der Waals surface area contributed by atoms with Crippen LogP contribution in [-0.4, -0.2) is 44.4 Å². The predicted octanol–water partition coefficient (Wildman–Crippen LogP) is 1.45. The molecule has 1 aliphatic carbocycles. The van der Waals surface area contributed by atoms with Crippen molar-refractivity contribution < 1.29 is 14.6 Å². The number of methoxy groups -OCH3 is 2. The predicted molar refractivity (Wildman–Crippen MR) is 86.6 cm³/mol. The molecule has 2 rings (SSSR count). The van der Waals surface area contributed by atoms with Gasteiger partial charge in [-0.25, -0.2) is 0 Å². The molecule has 1 atom stereocenters. The zero-order valence-electron chi connectivity index (χ0n) is 13.4. The van der Waals surface area contributed by atoms with Crippen molar-refractivity contribution in [2.45, 2.75) is 31.9 Å². The van der Waals surface area contributed by atoms with Crippen LogP contribution in [0.1, 0.15) is 31.4 Å².